The van der Waals surface area contributed by atoms with Crippen molar-refractivity contribution < 1.29 is 0 Å². The maximum atomic E-state index is 6.24. The molecular formula is C14H16BrCl2N3. The standard InChI is InChI=1S/C14H16BrCl2N3/c1-8-14(15)13(20(2)19-8)7-11(18)5-9-3-4-10(16)6-12(9)17/h3-4,6,11H,5,7,18H2,1-2H3. The Balaban J connectivity index is 2.11. The highest BCUT2D eigenvalue weighted by molar-refractivity contribution is 9.10. The Morgan fingerprint density at radius 3 is 2.60 bits per heavy atom. The first-order valence-electron chi connectivity index (χ1n) is 6.26. The smallest absolute Gasteiger partial charge is 0.0738 e. The fourth-order valence-electron chi connectivity index (χ4n) is 2.19. The molecule has 6 heteroatoms. The van der Waals surface area contributed by atoms with Gasteiger partial charge in [0.1, 0.15) is 0 Å². The van der Waals surface area contributed by atoms with Gasteiger partial charge in [-0.25, -0.2) is 0 Å². The molecule has 0 bridgehead atoms. The van der Waals surface area contributed by atoms with E-state index < -0.39 is 0 Å². The second kappa shape index (κ2) is 6.48. The highest BCUT2D eigenvalue weighted by Gasteiger charge is 2.15. The third kappa shape index (κ3) is 3.55. The molecular weight excluding hydrogens is 361 g/mol. The van der Waals surface area contributed by atoms with E-state index in [9.17, 15) is 0 Å². The van der Waals surface area contributed by atoms with Crippen LogP contribution in [-0.2, 0) is 19.9 Å². The van der Waals surface area contributed by atoms with Crippen LogP contribution in [0.15, 0.2) is 22.7 Å². The molecule has 20 heavy (non-hydrogen) atoms. The van der Waals surface area contributed by atoms with Crippen LogP contribution in [0.4, 0.5) is 0 Å². The number of aromatic nitrogens is 2. The Labute approximate surface area is 137 Å². The lowest BCUT2D eigenvalue weighted by molar-refractivity contribution is 0.611. The number of aryl methyl sites for hydroxylation is 2. The monoisotopic (exact) mass is 375 g/mol. The third-order valence-electron chi connectivity index (χ3n) is 3.21. The van der Waals surface area contributed by atoms with Gasteiger partial charge >= 0.3 is 0 Å². The summed E-state index contributed by atoms with van der Waals surface area (Å²) >= 11 is 15.6. The van der Waals surface area contributed by atoms with Crippen molar-refractivity contribution in [2.24, 2.45) is 12.8 Å². The van der Waals surface area contributed by atoms with Crippen molar-refractivity contribution in [1.29, 1.82) is 0 Å². The summed E-state index contributed by atoms with van der Waals surface area (Å²) in [4.78, 5) is 0. The fraction of sp³-hybridized carbons (Fsp3) is 0.357. The van der Waals surface area contributed by atoms with Gasteiger partial charge in [0, 0.05) is 29.6 Å². The zero-order valence-electron chi connectivity index (χ0n) is 11.3. The van der Waals surface area contributed by atoms with Gasteiger partial charge in [0.2, 0.25) is 0 Å². The highest BCUT2D eigenvalue weighted by Crippen LogP contribution is 2.24. The summed E-state index contributed by atoms with van der Waals surface area (Å²) in [5, 5.41) is 5.67. The molecule has 0 saturated heterocycles. The number of nitrogens with two attached hydrogens (primary N) is 1. The van der Waals surface area contributed by atoms with Gasteiger partial charge in [0.15, 0.2) is 0 Å². The lowest BCUT2D eigenvalue weighted by Gasteiger charge is -2.13. The van der Waals surface area contributed by atoms with Crippen LogP contribution in [0.2, 0.25) is 10.0 Å². The van der Waals surface area contributed by atoms with Crippen molar-refractivity contribution in [2.75, 3.05) is 0 Å². The van der Waals surface area contributed by atoms with E-state index >= 15 is 0 Å². The molecule has 0 spiro atoms. The van der Waals surface area contributed by atoms with Crippen LogP contribution in [-0.4, -0.2) is 15.8 Å². The zero-order chi connectivity index (χ0) is 14.9. The molecule has 0 fully saturated rings. The van der Waals surface area contributed by atoms with E-state index in [0.717, 1.165) is 27.8 Å². The number of halogens is 3. The SMILES string of the molecule is Cc1nn(C)c(CC(N)Cc2ccc(Cl)cc2Cl)c1Br. The van der Waals surface area contributed by atoms with Crippen LogP contribution in [0.25, 0.3) is 0 Å². The summed E-state index contributed by atoms with van der Waals surface area (Å²) in [5.74, 6) is 0. The molecule has 108 valence electrons. The topological polar surface area (TPSA) is 43.8 Å². The molecule has 1 aromatic heterocycles. The van der Waals surface area contributed by atoms with Crippen LogP contribution in [0.1, 0.15) is 17.0 Å². The van der Waals surface area contributed by atoms with Gasteiger partial charge in [-0.2, -0.15) is 5.10 Å². The molecule has 2 N–H and O–H groups in total. The molecule has 2 aromatic rings. The molecule has 0 saturated carbocycles. The minimum Gasteiger partial charge on any atom is -0.327 e. The highest BCUT2D eigenvalue weighted by atomic mass is 79.9. The summed E-state index contributed by atoms with van der Waals surface area (Å²) < 4.78 is 2.89. The molecule has 1 aromatic carbocycles. The Kier molecular flexibility index (Phi) is 5.13. The van der Waals surface area contributed by atoms with Gasteiger partial charge in [-0.1, -0.05) is 29.3 Å². The largest absolute Gasteiger partial charge is 0.327 e. The van der Waals surface area contributed by atoms with Crippen molar-refractivity contribution in [3.05, 3.63) is 49.7 Å². The fourth-order valence-corrected chi connectivity index (χ4v) is 3.18. The van der Waals surface area contributed by atoms with E-state index in [1.807, 2.05) is 30.8 Å². The van der Waals surface area contributed by atoms with Gasteiger partial charge in [-0.05, 0) is 47.0 Å². The molecule has 0 aliphatic rings. The first-order valence-corrected chi connectivity index (χ1v) is 7.81. The molecule has 2 rings (SSSR count). The van der Waals surface area contributed by atoms with Gasteiger partial charge in [-0.3, -0.25) is 4.68 Å². The number of hydrogen-bond donors (Lipinski definition) is 1. The quantitative estimate of drug-likeness (QED) is 0.878. The zero-order valence-corrected chi connectivity index (χ0v) is 14.4. The predicted octanol–water partition coefficient (Wildman–Crippen LogP) is 3.91. The Bertz CT molecular complexity index is 625. The lowest BCUT2D eigenvalue weighted by atomic mass is 10.0. The van der Waals surface area contributed by atoms with Crippen LogP contribution in [0.3, 0.4) is 0 Å². The Morgan fingerprint density at radius 1 is 1.35 bits per heavy atom. The van der Waals surface area contributed by atoms with E-state index in [4.69, 9.17) is 28.9 Å². The molecule has 1 unspecified atom stereocenters. The van der Waals surface area contributed by atoms with E-state index in [1.54, 1.807) is 6.07 Å². The Morgan fingerprint density at radius 2 is 2.05 bits per heavy atom. The summed E-state index contributed by atoms with van der Waals surface area (Å²) in [5.41, 5.74) is 9.32. The second-order valence-electron chi connectivity index (χ2n) is 4.87. The number of benzene rings is 1. The first-order chi connectivity index (χ1) is 9.38. The van der Waals surface area contributed by atoms with E-state index in [0.29, 0.717) is 16.5 Å². The summed E-state index contributed by atoms with van der Waals surface area (Å²) in [6.07, 6.45) is 1.43. The number of hydrogen-bond acceptors (Lipinski definition) is 2. The molecule has 3 nitrogen and oxygen atoms in total. The predicted molar refractivity (Wildman–Crippen MR) is 87.5 cm³/mol. The van der Waals surface area contributed by atoms with Crippen molar-refractivity contribution >= 4 is 39.1 Å². The molecule has 0 amide bonds. The molecule has 0 aliphatic carbocycles. The summed E-state index contributed by atoms with van der Waals surface area (Å²) in [6, 6.07) is 5.47. The second-order valence-corrected chi connectivity index (χ2v) is 6.51. The van der Waals surface area contributed by atoms with Gasteiger partial charge in [0.25, 0.3) is 0 Å². The molecule has 0 aliphatic heterocycles. The molecule has 1 atom stereocenters. The van der Waals surface area contributed by atoms with E-state index in [-0.39, 0.29) is 6.04 Å². The van der Waals surface area contributed by atoms with Crippen LogP contribution < -0.4 is 5.73 Å². The summed E-state index contributed by atoms with van der Waals surface area (Å²) in [7, 11) is 1.93. The van der Waals surface area contributed by atoms with E-state index in [1.165, 1.54) is 0 Å². The van der Waals surface area contributed by atoms with Gasteiger partial charge in [-0.15, -0.1) is 0 Å². The van der Waals surface area contributed by atoms with Crippen molar-refractivity contribution in [1.82, 2.24) is 9.78 Å². The van der Waals surface area contributed by atoms with Crippen molar-refractivity contribution in [3.8, 4) is 0 Å². The van der Waals surface area contributed by atoms with E-state index in [2.05, 4.69) is 21.0 Å². The number of rotatable bonds is 4. The first kappa shape index (κ1) is 15.8. The average Bonchev–Trinajstić information content (AvgIpc) is 2.60. The normalized spacial score (nSPS) is 12.7. The van der Waals surface area contributed by atoms with Crippen LogP contribution >= 0.6 is 39.1 Å². The number of nitrogens with zero attached hydrogens (tertiary/aromatic N) is 2. The van der Waals surface area contributed by atoms with Gasteiger partial charge < -0.3 is 5.73 Å². The van der Waals surface area contributed by atoms with Crippen molar-refractivity contribution in [2.45, 2.75) is 25.8 Å². The Hall–Kier alpha value is -0.550. The lowest BCUT2D eigenvalue weighted by Crippen LogP contribution is -2.27. The van der Waals surface area contributed by atoms with Crippen molar-refractivity contribution in [3.63, 3.8) is 0 Å². The maximum absolute atomic E-state index is 6.24. The maximum Gasteiger partial charge on any atom is 0.0738 e. The minimum absolute atomic E-state index is 0.0280. The van der Waals surface area contributed by atoms with Crippen LogP contribution in [0, 0.1) is 6.92 Å². The summed E-state index contributed by atoms with van der Waals surface area (Å²) in [6.45, 7) is 1.97. The minimum atomic E-state index is -0.0280. The third-order valence-corrected chi connectivity index (χ3v) is 4.83. The van der Waals surface area contributed by atoms with Gasteiger partial charge in [0.05, 0.1) is 15.9 Å². The molecule has 0 radical (unpaired) electrons. The average molecular weight is 377 g/mol. The van der Waals surface area contributed by atoms with Crippen LogP contribution in [0.5, 0.6) is 0 Å². The molecule has 1 heterocycles.